The van der Waals surface area contributed by atoms with Crippen molar-refractivity contribution in [3.63, 3.8) is 0 Å². The van der Waals surface area contributed by atoms with E-state index < -0.39 is 5.97 Å². The number of hydrogen-bond donors (Lipinski definition) is 0. The number of cyclic esters (lactones) is 1. The highest BCUT2D eigenvalue weighted by Crippen LogP contribution is 2.21. The molecular formula is C17H13NO2S. The normalized spacial score (nSPS) is 15.9. The Morgan fingerprint density at radius 1 is 1.00 bits per heavy atom. The molecule has 2 aromatic rings. The summed E-state index contributed by atoms with van der Waals surface area (Å²) in [4.78, 5) is 16.0. The third kappa shape index (κ3) is 3.41. The van der Waals surface area contributed by atoms with Gasteiger partial charge in [0, 0.05) is 16.7 Å². The maximum atomic E-state index is 11.8. The van der Waals surface area contributed by atoms with E-state index in [9.17, 15) is 4.79 Å². The van der Waals surface area contributed by atoms with Gasteiger partial charge in [-0.15, -0.1) is 11.8 Å². The van der Waals surface area contributed by atoms with Crippen molar-refractivity contribution in [2.24, 2.45) is 4.99 Å². The van der Waals surface area contributed by atoms with Crippen molar-refractivity contribution in [1.29, 1.82) is 0 Å². The van der Waals surface area contributed by atoms with Crippen LogP contribution in [-0.2, 0) is 15.3 Å². The number of carbonyl (C=O) groups is 1. The molecule has 0 atom stereocenters. The molecule has 0 amide bonds. The van der Waals surface area contributed by atoms with Gasteiger partial charge < -0.3 is 4.74 Å². The molecule has 0 unspecified atom stereocenters. The fourth-order valence-electron chi connectivity index (χ4n) is 1.89. The van der Waals surface area contributed by atoms with Crippen LogP contribution < -0.4 is 0 Å². The molecule has 1 heterocycles. The van der Waals surface area contributed by atoms with Crippen LogP contribution in [0.2, 0.25) is 0 Å². The summed E-state index contributed by atoms with van der Waals surface area (Å²) in [6.45, 7) is 0. The van der Waals surface area contributed by atoms with E-state index in [4.69, 9.17) is 4.74 Å². The smallest absolute Gasteiger partial charge is 0.364 e. The molecule has 2 aromatic carbocycles. The van der Waals surface area contributed by atoms with E-state index in [0.29, 0.717) is 11.6 Å². The summed E-state index contributed by atoms with van der Waals surface area (Å²) in [7, 11) is 0. The largest absolute Gasteiger partial charge is 0.402 e. The molecule has 0 aliphatic carbocycles. The molecule has 3 nitrogen and oxygen atoms in total. The van der Waals surface area contributed by atoms with Crippen LogP contribution in [0.25, 0.3) is 0 Å². The number of rotatable bonds is 4. The molecule has 0 fully saturated rings. The first kappa shape index (κ1) is 13.6. The zero-order chi connectivity index (χ0) is 14.5. The highest BCUT2D eigenvalue weighted by atomic mass is 32.2. The van der Waals surface area contributed by atoms with E-state index in [2.05, 4.69) is 17.1 Å². The van der Waals surface area contributed by atoms with Crippen LogP contribution >= 0.6 is 11.8 Å². The number of nitrogens with zero attached hydrogens (tertiary/aromatic N) is 1. The van der Waals surface area contributed by atoms with Gasteiger partial charge in [-0.2, -0.15) is 0 Å². The Morgan fingerprint density at radius 3 is 2.38 bits per heavy atom. The lowest BCUT2D eigenvalue weighted by molar-refractivity contribution is -0.130. The van der Waals surface area contributed by atoms with E-state index in [1.54, 1.807) is 5.41 Å². The van der Waals surface area contributed by atoms with Crippen molar-refractivity contribution in [2.75, 3.05) is 0 Å². The Morgan fingerprint density at radius 2 is 1.67 bits per heavy atom. The maximum Gasteiger partial charge on any atom is 0.364 e. The summed E-state index contributed by atoms with van der Waals surface area (Å²) in [6, 6.07) is 19.5. The monoisotopic (exact) mass is 295 g/mol. The summed E-state index contributed by atoms with van der Waals surface area (Å²) in [5, 5.41) is 1.76. The lowest BCUT2D eigenvalue weighted by Gasteiger charge is -1.97. The van der Waals surface area contributed by atoms with Crippen molar-refractivity contribution < 1.29 is 9.53 Å². The lowest BCUT2D eigenvalue weighted by Crippen LogP contribution is -2.04. The second-order valence-electron chi connectivity index (χ2n) is 4.47. The van der Waals surface area contributed by atoms with E-state index in [1.807, 2.05) is 48.5 Å². The summed E-state index contributed by atoms with van der Waals surface area (Å²) in [5.74, 6) is 0.773. The van der Waals surface area contributed by atoms with Crippen molar-refractivity contribution >= 4 is 23.6 Å². The van der Waals surface area contributed by atoms with Crippen molar-refractivity contribution in [3.8, 4) is 0 Å². The number of thioether (sulfide) groups is 1. The molecule has 104 valence electrons. The first-order valence-corrected chi connectivity index (χ1v) is 7.60. The number of ether oxygens (including phenoxy) is 1. The molecule has 0 saturated heterocycles. The van der Waals surface area contributed by atoms with Gasteiger partial charge in [-0.3, -0.25) is 0 Å². The van der Waals surface area contributed by atoms with Crippen LogP contribution in [0.4, 0.5) is 0 Å². The van der Waals surface area contributed by atoms with Crippen molar-refractivity contribution in [1.82, 2.24) is 0 Å². The van der Waals surface area contributed by atoms with E-state index in [-0.39, 0.29) is 0 Å². The van der Waals surface area contributed by atoms with Crippen molar-refractivity contribution in [3.05, 3.63) is 82.9 Å². The van der Waals surface area contributed by atoms with Gasteiger partial charge in [0.2, 0.25) is 5.90 Å². The first-order chi connectivity index (χ1) is 10.3. The van der Waals surface area contributed by atoms with Gasteiger partial charge in [-0.25, -0.2) is 9.79 Å². The number of esters is 1. The minimum absolute atomic E-state index is 0.356. The molecular weight excluding hydrogens is 282 g/mol. The average molecular weight is 295 g/mol. The Kier molecular flexibility index (Phi) is 4.17. The molecule has 0 N–H and O–H groups in total. The quantitative estimate of drug-likeness (QED) is 0.636. The van der Waals surface area contributed by atoms with Crippen LogP contribution in [-0.4, -0.2) is 11.9 Å². The molecule has 4 heteroatoms. The third-order valence-corrected chi connectivity index (χ3v) is 3.82. The van der Waals surface area contributed by atoms with Crippen LogP contribution in [0.3, 0.4) is 0 Å². The maximum absolute atomic E-state index is 11.8. The number of benzene rings is 2. The summed E-state index contributed by atoms with van der Waals surface area (Å²) >= 11 is 1.53. The molecule has 0 aromatic heterocycles. The Balaban J connectivity index is 1.69. The highest BCUT2D eigenvalue weighted by molar-refractivity contribution is 8.01. The SMILES string of the molecule is O=C1OC(c2ccccc2)=N/C1=C\SCc1ccccc1. The van der Waals surface area contributed by atoms with Crippen LogP contribution in [0.5, 0.6) is 0 Å². The minimum atomic E-state index is -0.394. The predicted molar refractivity (Wildman–Crippen MR) is 84.9 cm³/mol. The molecule has 3 rings (SSSR count). The molecule has 21 heavy (non-hydrogen) atoms. The molecule has 0 saturated carbocycles. The number of aliphatic imine (C=N–C) groups is 1. The van der Waals surface area contributed by atoms with E-state index >= 15 is 0 Å². The highest BCUT2D eigenvalue weighted by Gasteiger charge is 2.23. The average Bonchev–Trinajstić information content (AvgIpc) is 2.91. The predicted octanol–water partition coefficient (Wildman–Crippen LogP) is 3.76. The zero-order valence-corrected chi connectivity index (χ0v) is 12.0. The van der Waals surface area contributed by atoms with Gasteiger partial charge in [0.05, 0.1) is 0 Å². The van der Waals surface area contributed by atoms with Crippen LogP contribution in [0.1, 0.15) is 11.1 Å². The van der Waals surface area contributed by atoms with Gasteiger partial charge in [-0.05, 0) is 17.7 Å². The summed E-state index contributed by atoms with van der Waals surface area (Å²) < 4.78 is 5.19. The lowest BCUT2D eigenvalue weighted by atomic mass is 10.2. The molecule has 0 bridgehead atoms. The van der Waals surface area contributed by atoms with Gasteiger partial charge in [0.15, 0.2) is 5.70 Å². The molecule has 1 aliphatic rings. The fraction of sp³-hybridized carbons (Fsp3) is 0.0588. The van der Waals surface area contributed by atoms with E-state index in [0.717, 1.165) is 11.3 Å². The van der Waals surface area contributed by atoms with Gasteiger partial charge >= 0.3 is 5.97 Å². The molecule has 0 spiro atoms. The Labute approximate surface area is 127 Å². The minimum Gasteiger partial charge on any atom is -0.402 e. The fourth-order valence-corrected chi connectivity index (χ4v) is 2.66. The summed E-state index contributed by atoms with van der Waals surface area (Å²) in [5.41, 5.74) is 2.37. The molecule has 0 radical (unpaired) electrons. The first-order valence-electron chi connectivity index (χ1n) is 6.55. The van der Waals surface area contributed by atoms with Gasteiger partial charge in [-0.1, -0.05) is 48.5 Å². The Hall–Kier alpha value is -2.33. The van der Waals surface area contributed by atoms with Gasteiger partial charge in [0.25, 0.3) is 0 Å². The van der Waals surface area contributed by atoms with Crippen LogP contribution in [0, 0.1) is 0 Å². The zero-order valence-electron chi connectivity index (χ0n) is 11.2. The topological polar surface area (TPSA) is 38.7 Å². The molecule has 1 aliphatic heterocycles. The third-order valence-electron chi connectivity index (χ3n) is 2.93. The van der Waals surface area contributed by atoms with Gasteiger partial charge in [0.1, 0.15) is 0 Å². The standard InChI is InChI=1S/C17H13NO2S/c19-17-15(12-21-11-13-7-3-1-4-8-13)18-16(20-17)14-9-5-2-6-10-14/h1-10,12H,11H2/b15-12-. The summed E-state index contributed by atoms with van der Waals surface area (Å²) in [6.07, 6.45) is 0. The second kappa shape index (κ2) is 6.41. The van der Waals surface area contributed by atoms with Crippen LogP contribution in [0.15, 0.2) is 76.8 Å². The number of hydrogen-bond acceptors (Lipinski definition) is 4. The second-order valence-corrected chi connectivity index (χ2v) is 5.33. The Bertz CT molecular complexity index is 693. The van der Waals surface area contributed by atoms with E-state index in [1.165, 1.54) is 17.3 Å². The number of carbonyl (C=O) groups excluding carboxylic acids is 1. The van der Waals surface area contributed by atoms with Crippen molar-refractivity contribution in [2.45, 2.75) is 5.75 Å².